The molecule has 182 valence electrons. The van der Waals surface area contributed by atoms with Gasteiger partial charge in [-0.3, -0.25) is 10.1 Å². The molecule has 0 N–H and O–H groups in total. The predicted molar refractivity (Wildman–Crippen MR) is 131 cm³/mol. The number of unbranched alkanes of at least 4 members (excludes halogenated alkanes) is 3. The molecule has 3 aromatic rings. The van der Waals surface area contributed by atoms with Crippen molar-refractivity contribution in [3.63, 3.8) is 0 Å². The Bertz CT molecular complexity index is 1180. The van der Waals surface area contributed by atoms with Gasteiger partial charge >= 0.3 is 5.97 Å². The van der Waals surface area contributed by atoms with Crippen LogP contribution >= 0.6 is 0 Å². The maximum Gasteiger partial charge on any atom is 0.331 e. The minimum absolute atomic E-state index is 0.0342. The van der Waals surface area contributed by atoms with Crippen LogP contribution in [0.15, 0.2) is 41.6 Å². The van der Waals surface area contributed by atoms with Crippen molar-refractivity contribution in [3.05, 3.63) is 52.1 Å². The second kappa shape index (κ2) is 12.2. The van der Waals surface area contributed by atoms with E-state index in [9.17, 15) is 14.9 Å². The maximum absolute atomic E-state index is 11.4. The maximum atomic E-state index is 11.4. The Kier molecular flexibility index (Phi) is 9.12. The standard InChI is InChI=1S/C25H31N3O6/c1-18(26-34-19(2)29)20-8-10-24-22(16-20)23-17-21(28(30)31)9-11-25(23)27(24)12-15-33-14-7-5-4-6-13-32-3/h8-11,16-17H,4-7,12-15H2,1-3H3/b26-18+. The highest BCUT2D eigenvalue weighted by Gasteiger charge is 2.16. The molecule has 0 radical (unpaired) electrons. The van der Waals surface area contributed by atoms with Gasteiger partial charge in [-0.25, -0.2) is 4.79 Å². The number of aromatic nitrogens is 1. The van der Waals surface area contributed by atoms with Crippen molar-refractivity contribution in [2.75, 3.05) is 26.9 Å². The molecular weight excluding hydrogens is 438 g/mol. The van der Waals surface area contributed by atoms with Gasteiger partial charge in [0.25, 0.3) is 5.69 Å². The summed E-state index contributed by atoms with van der Waals surface area (Å²) in [5.74, 6) is -0.498. The molecule has 0 spiro atoms. The Morgan fingerprint density at radius 2 is 1.65 bits per heavy atom. The van der Waals surface area contributed by atoms with E-state index in [1.54, 1.807) is 26.2 Å². The van der Waals surface area contributed by atoms with Crippen LogP contribution in [0.2, 0.25) is 0 Å². The van der Waals surface area contributed by atoms with Crippen LogP contribution in [0.1, 0.15) is 45.1 Å². The van der Waals surface area contributed by atoms with Gasteiger partial charge in [-0.05, 0) is 43.5 Å². The van der Waals surface area contributed by atoms with Crippen LogP contribution in [0.4, 0.5) is 5.69 Å². The number of rotatable bonds is 13. The van der Waals surface area contributed by atoms with Crippen molar-refractivity contribution in [2.45, 2.75) is 46.1 Å². The molecule has 0 bridgehead atoms. The first kappa shape index (κ1) is 25.3. The molecule has 0 aliphatic heterocycles. The fraction of sp³-hybridized carbons (Fsp3) is 0.440. The Hall–Kier alpha value is -3.30. The largest absolute Gasteiger partial charge is 0.385 e. The molecule has 0 atom stereocenters. The zero-order valence-corrected chi connectivity index (χ0v) is 19.9. The summed E-state index contributed by atoms with van der Waals surface area (Å²) < 4.78 is 13.0. The summed E-state index contributed by atoms with van der Waals surface area (Å²) in [7, 11) is 1.72. The summed E-state index contributed by atoms with van der Waals surface area (Å²) in [5, 5.41) is 16.9. The number of nitrogens with zero attached hydrogens (tertiary/aromatic N) is 3. The molecule has 0 saturated carbocycles. The third-order valence-electron chi connectivity index (χ3n) is 5.63. The van der Waals surface area contributed by atoms with E-state index >= 15 is 0 Å². The van der Waals surface area contributed by atoms with E-state index in [0.29, 0.717) is 25.5 Å². The number of benzene rings is 2. The third kappa shape index (κ3) is 6.39. The van der Waals surface area contributed by atoms with Gasteiger partial charge in [-0.15, -0.1) is 0 Å². The summed E-state index contributed by atoms with van der Waals surface area (Å²) in [6.07, 6.45) is 4.31. The van der Waals surface area contributed by atoms with Gasteiger partial charge in [-0.2, -0.15) is 0 Å². The minimum Gasteiger partial charge on any atom is -0.385 e. The lowest BCUT2D eigenvalue weighted by Gasteiger charge is -2.09. The summed E-state index contributed by atoms with van der Waals surface area (Å²) in [4.78, 5) is 26.8. The molecule has 9 nitrogen and oxygen atoms in total. The molecule has 0 fully saturated rings. The van der Waals surface area contributed by atoms with E-state index in [-0.39, 0.29) is 5.69 Å². The van der Waals surface area contributed by atoms with Crippen molar-refractivity contribution in [1.29, 1.82) is 0 Å². The first-order valence-electron chi connectivity index (χ1n) is 11.4. The smallest absolute Gasteiger partial charge is 0.331 e. The van der Waals surface area contributed by atoms with E-state index < -0.39 is 10.9 Å². The SMILES string of the molecule is COCCCCCCOCCn1c2ccc(/C(C)=N/OC(C)=O)cc2c2cc([N+](=O)[O-])ccc21. The van der Waals surface area contributed by atoms with Gasteiger partial charge in [-0.1, -0.05) is 24.1 Å². The van der Waals surface area contributed by atoms with E-state index in [4.69, 9.17) is 14.3 Å². The number of methoxy groups -OCH3 is 1. The van der Waals surface area contributed by atoms with Gasteiger partial charge in [0.1, 0.15) is 0 Å². The number of ether oxygens (including phenoxy) is 2. The molecule has 0 unspecified atom stereocenters. The molecule has 3 rings (SSSR count). The number of nitro benzene ring substituents is 1. The average molecular weight is 470 g/mol. The van der Waals surface area contributed by atoms with Gasteiger partial charge < -0.3 is 18.9 Å². The first-order valence-corrected chi connectivity index (χ1v) is 11.4. The van der Waals surface area contributed by atoms with Crippen molar-refractivity contribution < 1.29 is 24.0 Å². The third-order valence-corrected chi connectivity index (χ3v) is 5.63. The van der Waals surface area contributed by atoms with Gasteiger partial charge in [0.2, 0.25) is 0 Å². The Morgan fingerprint density at radius 1 is 0.971 bits per heavy atom. The number of fused-ring (bicyclic) bond motifs is 3. The van der Waals surface area contributed by atoms with Crippen LogP contribution in [0.3, 0.4) is 0 Å². The van der Waals surface area contributed by atoms with E-state index in [2.05, 4.69) is 9.72 Å². The molecule has 0 aliphatic carbocycles. The van der Waals surface area contributed by atoms with Crippen molar-refractivity contribution >= 4 is 39.2 Å². The minimum atomic E-state index is -0.498. The topological polar surface area (TPSA) is 105 Å². The lowest BCUT2D eigenvalue weighted by atomic mass is 10.1. The Balaban J connectivity index is 1.82. The van der Waals surface area contributed by atoms with E-state index in [0.717, 1.165) is 59.7 Å². The number of oxime groups is 1. The van der Waals surface area contributed by atoms with Crippen molar-refractivity contribution in [1.82, 2.24) is 4.57 Å². The normalized spacial score (nSPS) is 11.9. The van der Waals surface area contributed by atoms with Crippen LogP contribution in [0.5, 0.6) is 0 Å². The van der Waals surface area contributed by atoms with Crippen molar-refractivity contribution in [2.24, 2.45) is 5.16 Å². The molecule has 0 saturated heterocycles. The average Bonchev–Trinajstić information content (AvgIpc) is 3.13. The second-order valence-corrected chi connectivity index (χ2v) is 8.12. The van der Waals surface area contributed by atoms with Crippen LogP contribution in [-0.4, -0.2) is 48.1 Å². The molecule has 0 amide bonds. The summed E-state index contributed by atoms with van der Waals surface area (Å²) >= 11 is 0. The lowest BCUT2D eigenvalue weighted by molar-refractivity contribution is -0.384. The van der Waals surface area contributed by atoms with E-state index in [1.807, 2.05) is 18.2 Å². The fourth-order valence-electron chi connectivity index (χ4n) is 3.92. The molecule has 9 heteroatoms. The van der Waals surface area contributed by atoms with Crippen LogP contribution in [-0.2, 0) is 25.7 Å². The zero-order chi connectivity index (χ0) is 24.5. The highest BCUT2D eigenvalue weighted by Crippen LogP contribution is 2.32. The Labute approximate surface area is 198 Å². The monoisotopic (exact) mass is 469 g/mol. The number of hydrogen-bond donors (Lipinski definition) is 0. The predicted octanol–water partition coefficient (Wildman–Crippen LogP) is 5.21. The molecule has 34 heavy (non-hydrogen) atoms. The molecule has 1 heterocycles. The zero-order valence-electron chi connectivity index (χ0n) is 19.9. The second-order valence-electron chi connectivity index (χ2n) is 8.12. The number of nitro groups is 1. The highest BCUT2D eigenvalue weighted by molar-refractivity contribution is 6.12. The summed E-state index contributed by atoms with van der Waals surface area (Å²) in [6.45, 7) is 5.70. The van der Waals surface area contributed by atoms with Gasteiger partial charge in [0.15, 0.2) is 0 Å². The number of hydrogen-bond acceptors (Lipinski definition) is 7. The van der Waals surface area contributed by atoms with Crippen molar-refractivity contribution in [3.8, 4) is 0 Å². The fourth-order valence-corrected chi connectivity index (χ4v) is 3.92. The Morgan fingerprint density at radius 3 is 2.32 bits per heavy atom. The van der Waals surface area contributed by atoms with Gasteiger partial charge in [0.05, 0.1) is 17.2 Å². The summed E-state index contributed by atoms with van der Waals surface area (Å²) in [5.41, 5.74) is 3.19. The molecule has 2 aromatic carbocycles. The number of carbonyl (C=O) groups is 1. The van der Waals surface area contributed by atoms with Gasteiger partial charge in [0, 0.05) is 67.7 Å². The number of non-ortho nitro benzene ring substituents is 1. The lowest BCUT2D eigenvalue weighted by Crippen LogP contribution is -2.07. The van der Waals surface area contributed by atoms with Crippen LogP contribution in [0, 0.1) is 10.1 Å². The number of carbonyl (C=O) groups excluding carboxylic acids is 1. The van der Waals surface area contributed by atoms with Crippen LogP contribution < -0.4 is 0 Å². The summed E-state index contributed by atoms with van der Waals surface area (Å²) in [6, 6.07) is 10.7. The molecule has 0 aliphatic rings. The van der Waals surface area contributed by atoms with Crippen LogP contribution in [0.25, 0.3) is 21.8 Å². The highest BCUT2D eigenvalue weighted by atomic mass is 16.7. The molecule has 1 aromatic heterocycles. The first-order chi connectivity index (χ1) is 16.4. The quantitative estimate of drug-likeness (QED) is 0.112. The van der Waals surface area contributed by atoms with E-state index in [1.165, 1.54) is 13.0 Å². The molecular formula is C25H31N3O6.